The number of hydrogen-bond donors (Lipinski definition) is 1. The van der Waals surface area contributed by atoms with Crippen LogP contribution in [0.3, 0.4) is 0 Å². The third-order valence-electron chi connectivity index (χ3n) is 5.39. The van der Waals surface area contributed by atoms with Gasteiger partial charge in [-0.2, -0.15) is 0 Å². The molecule has 168 valence electrons. The number of nitrogens with zero attached hydrogens (tertiary/aromatic N) is 1. The fourth-order valence-electron chi connectivity index (χ4n) is 3.39. The van der Waals surface area contributed by atoms with Gasteiger partial charge in [-0.25, -0.2) is 0 Å². The molecule has 0 aliphatic carbocycles. The van der Waals surface area contributed by atoms with Crippen molar-refractivity contribution in [2.24, 2.45) is 5.92 Å². The summed E-state index contributed by atoms with van der Waals surface area (Å²) < 4.78 is 0. The van der Waals surface area contributed by atoms with Gasteiger partial charge < -0.3 is 10.2 Å². The Morgan fingerprint density at radius 1 is 1.03 bits per heavy atom. The van der Waals surface area contributed by atoms with Crippen molar-refractivity contribution in [1.29, 1.82) is 0 Å². The van der Waals surface area contributed by atoms with Gasteiger partial charge in [0.1, 0.15) is 6.04 Å². The van der Waals surface area contributed by atoms with E-state index in [9.17, 15) is 9.59 Å². The van der Waals surface area contributed by atoms with Gasteiger partial charge in [-0.1, -0.05) is 68.2 Å². The number of carbonyl (C=O) groups is 2. The number of halogens is 2. The average molecular weight is 463 g/mol. The first kappa shape index (κ1) is 25.2. The lowest BCUT2D eigenvalue weighted by Crippen LogP contribution is -2.50. The SMILES string of the molecule is CC[C@H](C(=O)NCC(C)C)N(Cc1c(Cl)cccc1Cl)C(=O)Cc1ccc(C)c(C)c1. The zero-order valence-electron chi connectivity index (χ0n) is 19.0. The highest BCUT2D eigenvalue weighted by Gasteiger charge is 2.29. The molecule has 0 saturated carbocycles. The number of hydrogen-bond acceptors (Lipinski definition) is 2. The van der Waals surface area contributed by atoms with Crippen molar-refractivity contribution in [1.82, 2.24) is 10.2 Å². The maximum Gasteiger partial charge on any atom is 0.242 e. The van der Waals surface area contributed by atoms with Gasteiger partial charge in [0.15, 0.2) is 0 Å². The summed E-state index contributed by atoms with van der Waals surface area (Å²) in [6.45, 7) is 10.8. The zero-order chi connectivity index (χ0) is 23.1. The predicted octanol–water partition coefficient (Wildman–Crippen LogP) is 5.73. The Morgan fingerprint density at radius 3 is 2.23 bits per heavy atom. The Hall–Kier alpha value is -2.04. The zero-order valence-corrected chi connectivity index (χ0v) is 20.5. The van der Waals surface area contributed by atoms with Crippen LogP contribution in [0.1, 0.15) is 49.4 Å². The average Bonchev–Trinajstić information content (AvgIpc) is 2.71. The molecule has 2 amide bonds. The van der Waals surface area contributed by atoms with E-state index in [1.54, 1.807) is 23.1 Å². The quantitative estimate of drug-likeness (QED) is 0.516. The Labute approximate surface area is 195 Å². The molecule has 0 aliphatic rings. The van der Waals surface area contributed by atoms with E-state index < -0.39 is 6.04 Å². The molecule has 0 aliphatic heterocycles. The number of aryl methyl sites for hydroxylation is 2. The summed E-state index contributed by atoms with van der Waals surface area (Å²) in [6.07, 6.45) is 0.696. The van der Waals surface area contributed by atoms with Crippen LogP contribution in [0.5, 0.6) is 0 Å². The van der Waals surface area contributed by atoms with E-state index >= 15 is 0 Å². The largest absolute Gasteiger partial charge is 0.354 e. The molecule has 2 aromatic rings. The van der Waals surface area contributed by atoms with Crippen LogP contribution in [0.2, 0.25) is 10.0 Å². The van der Waals surface area contributed by atoms with Crippen LogP contribution in [0.4, 0.5) is 0 Å². The van der Waals surface area contributed by atoms with E-state index in [4.69, 9.17) is 23.2 Å². The van der Waals surface area contributed by atoms with Crippen molar-refractivity contribution in [3.63, 3.8) is 0 Å². The number of nitrogens with one attached hydrogen (secondary N) is 1. The van der Waals surface area contributed by atoms with E-state index in [0.717, 1.165) is 11.1 Å². The van der Waals surface area contributed by atoms with Gasteiger partial charge in [-0.15, -0.1) is 0 Å². The van der Waals surface area contributed by atoms with Crippen LogP contribution in [-0.4, -0.2) is 29.3 Å². The lowest BCUT2D eigenvalue weighted by Gasteiger charge is -2.31. The molecule has 1 atom stereocenters. The molecule has 0 radical (unpaired) electrons. The van der Waals surface area contributed by atoms with Crippen LogP contribution in [0.15, 0.2) is 36.4 Å². The number of rotatable bonds is 9. The van der Waals surface area contributed by atoms with Gasteiger partial charge in [0, 0.05) is 28.7 Å². The van der Waals surface area contributed by atoms with Gasteiger partial charge in [0.2, 0.25) is 11.8 Å². The molecular weight excluding hydrogens is 431 g/mol. The van der Waals surface area contributed by atoms with Gasteiger partial charge in [0.05, 0.1) is 6.42 Å². The second-order valence-electron chi connectivity index (χ2n) is 8.38. The molecule has 0 unspecified atom stereocenters. The lowest BCUT2D eigenvalue weighted by atomic mass is 10.0. The van der Waals surface area contributed by atoms with Crippen molar-refractivity contribution >= 4 is 35.0 Å². The van der Waals surface area contributed by atoms with Crippen molar-refractivity contribution < 1.29 is 9.59 Å². The summed E-state index contributed by atoms with van der Waals surface area (Å²) in [7, 11) is 0. The van der Waals surface area contributed by atoms with E-state index in [0.29, 0.717) is 34.5 Å². The van der Waals surface area contributed by atoms with Crippen molar-refractivity contribution in [3.05, 3.63) is 68.7 Å². The van der Waals surface area contributed by atoms with E-state index in [2.05, 4.69) is 5.32 Å². The Kier molecular flexibility index (Phi) is 9.39. The first-order valence-electron chi connectivity index (χ1n) is 10.7. The first-order chi connectivity index (χ1) is 14.6. The monoisotopic (exact) mass is 462 g/mol. The fourth-order valence-corrected chi connectivity index (χ4v) is 3.90. The van der Waals surface area contributed by atoms with Crippen molar-refractivity contribution in [3.8, 4) is 0 Å². The molecule has 1 N–H and O–H groups in total. The fraction of sp³-hybridized carbons (Fsp3) is 0.440. The van der Waals surface area contributed by atoms with Crippen LogP contribution < -0.4 is 5.32 Å². The van der Waals surface area contributed by atoms with E-state index in [1.165, 1.54) is 5.56 Å². The highest BCUT2D eigenvalue weighted by molar-refractivity contribution is 6.36. The minimum absolute atomic E-state index is 0.134. The third kappa shape index (κ3) is 6.98. The second kappa shape index (κ2) is 11.5. The minimum atomic E-state index is -0.606. The molecule has 0 saturated heterocycles. The molecule has 6 heteroatoms. The molecule has 0 spiro atoms. The van der Waals surface area contributed by atoms with Gasteiger partial charge in [0.25, 0.3) is 0 Å². The summed E-state index contributed by atoms with van der Waals surface area (Å²) in [5, 5.41) is 3.93. The van der Waals surface area contributed by atoms with Crippen molar-refractivity contribution in [2.45, 2.75) is 60.0 Å². The smallest absolute Gasteiger partial charge is 0.242 e. The summed E-state index contributed by atoms with van der Waals surface area (Å²) >= 11 is 12.8. The molecule has 2 rings (SSSR count). The Bertz CT molecular complexity index is 907. The molecule has 0 heterocycles. The van der Waals surface area contributed by atoms with Gasteiger partial charge >= 0.3 is 0 Å². The second-order valence-corrected chi connectivity index (χ2v) is 9.19. The summed E-state index contributed by atoms with van der Waals surface area (Å²) in [5.41, 5.74) is 3.87. The topological polar surface area (TPSA) is 49.4 Å². The highest BCUT2D eigenvalue weighted by Crippen LogP contribution is 2.27. The van der Waals surface area contributed by atoms with E-state index in [-0.39, 0.29) is 24.8 Å². The molecule has 0 bridgehead atoms. The number of carbonyl (C=O) groups excluding carboxylic acids is 2. The van der Waals surface area contributed by atoms with E-state index in [1.807, 2.05) is 52.8 Å². The van der Waals surface area contributed by atoms with Crippen molar-refractivity contribution in [2.75, 3.05) is 6.54 Å². The maximum absolute atomic E-state index is 13.4. The van der Waals surface area contributed by atoms with Crippen LogP contribution >= 0.6 is 23.2 Å². The summed E-state index contributed by atoms with van der Waals surface area (Å²) in [4.78, 5) is 28.0. The highest BCUT2D eigenvalue weighted by atomic mass is 35.5. The molecule has 31 heavy (non-hydrogen) atoms. The normalized spacial score (nSPS) is 12.0. The number of benzene rings is 2. The van der Waals surface area contributed by atoms with Crippen LogP contribution in [-0.2, 0) is 22.6 Å². The molecule has 2 aromatic carbocycles. The molecular formula is C25H32Cl2N2O2. The van der Waals surface area contributed by atoms with Crippen LogP contribution in [0, 0.1) is 19.8 Å². The first-order valence-corrected chi connectivity index (χ1v) is 11.5. The number of amides is 2. The Morgan fingerprint density at radius 2 is 1.68 bits per heavy atom. The van der Waals surface area contributed by atoms with Crippen LogP contribution in [0.25, 0.3) is 0 Å². The van der Waals surface area contributed by atoms with Gasteiger partial charge in [-0.05, 0) is 55.0 Å². The minimum Gasteiger partial charge on any atom is -0.354 e. The maximum atomic E-state index is 13.4. The molecule has 0 fully saturated rings. The summed E-state index contributed by atoms with van der Waals surface area (Å²) in [5.74, 6) is 0.0257. The summed E-state index contributed by atoms with van der Waals surface area (Å²) in [6, 6.07) is 10.6. The predicted molar refractivity (Wildman–Crippen MR) is 129 cm³/mol. The third-order valence-corrected chi connectivity index (χ3v) is 6.10. The lowest BCUT2D eigenvalue weighted by molar-refractivity contribution is -0.141. The standard InChI is InChI=1S/C25H32Cl2N2O2/c1-6-23(25(31)28-14-16(2)3)29(15-20-21(26)8-7-9-22(20)27)24(30)13-19-11-10-17(4)18(5)12-19/h7-12,16,23H,6,13-15H2,1-5H3,(H,28,31)/t23-/m1/s1. The molecule has 0 aromatic heterocycles. The van der Waals surface area contributed by atoms with Gasteiger partial charge in [-0.3, -0.25) is 9.59 Å². The molecule has 4 nitrogen and oxygen atoms in total. The Balaban J connectivity index is 2.36.